The van der Waals surface area contributed by atoms with Gasteiger partial charge in [0.2, 0.25) is 0 Å². The fourth-order valence-corrected chi connectivity index (χ4v) is 10.3. The van der Waals surface area contributed by atoms with Gasteiger partial charge < -0.3 is 0 Å². The number of hydrogen-bond acceptors (Lipinski definition) is 2. The minimum absolute atomic E-state index is 0.788. The lowest BCUT2D eigenvalue weighted by Crippen LogP contribution is -1.97. The van der Waals surface area contributed by atoms with E-state index in [-0.39, 0.29) is 0 Å². The summed E-state index contributed by atoms with van der Waals surface area (Å²) in [7, 11) is 0. The van der Waals surface area contributed by atoms with E-state index in [2.05, 4.69) is 230 Å². The van der Waals surface area contributed by atoms with Crippen molar-refractivity contribution in [1.29, 1.82) is 0 Å². The van der Waals surface area contributed by atoms with Crippen LogP contribution in [0, 0.1) is 0 Å². The SMILES string of the molecule is C=CN=C(C=C)c1cccc(-c2c3ccccc3c(-c3ccc(-c4ccc5c(-c6ccc7ccccc7c6)c6ccccc6c(-c6ccc7ccccc7c6)c5c4)cn3)c3ccccc23)c1. The van der Waals surface area contributed by atoms with Crippen molar-refractivity contribution in [3.63, 3.8) is 0 Å². The van der Waals surface area contributed by atoms with Crippen LogP contribution in [-0.4, -0.2) is 10.7 Å². The van der Waals surface area contributed by atoms with E-state index in [4.69, 9.17) is 4.98 Å². The number of fused-ring (bicyclic) bond motifs is 6. The molecule has 0 saturated heterocycles. The van der Waals surface area contributed by atoms with Gasteiger partial charge in [-0.1, -0.05) is 195 Å². The first-order chi connectivity index (χ1) is 32.6. The van der Waals surface area contributed by atoms with Gasteiger partial charge in [-0.25, -0.2) is 0 Å². The normalized spacial score (nSPS) is 11.8. The molecule has 0 spiro atoms. The van der Waals surface area contributed by atoms with E-state index in [1.54, 1.807) is 12.3 Å². The maximum absolute atomic E-state index is 5.30. The number of allylic oxidation sites excluding steroid dienone is 1. The van der Waals surface area contributed by atoms with Crippen molar-refractivity contribution in [3.05, 3.63) is 250 Å². The van der Waals surface area contributed by atoms with E-state index in [1.807, 2.05) is 6.20 Å². The van der Waals surface area contributed by atoms with Gasteiger partial charge in [0.05, 0.1) is 11.4 Å². The van der Waals surface area contributed by atoms with Crippen LogP contribution in [0.15, 0.2) is 249 Å². The minimum atomic E-state index is 0.788. The van der Waals surface area contributed by atoms with Gasteiger partial charge in [0.15, 0.2) is 0 Å². The van der Waals surface area contributed by atoms with Crippen molar-refractivity contribution in [2.75, 3.05) is 0 Å². The number of hydrogen-bond donors (Lipinski definition) is 0. The molecule has 0 N–H and O–H groups in total. The van der Waals surface area contributed by atoms with E-state index in [0.29, 0.717) is 0 Å². The summed E-state index contributed by atoms with van der Waals surface area (Å²) < 4.78 is 0. The van der Waals surface area contributed by atoms with E-state index in [0.717, 1.165) is 50.0 Å². The van der Waals surface area contributed by atoms with Gasteiger partial charge in [-0.2, -0.15) is 0 Å². The largest absolute Gasteiger partial charge is 0.257 e. The maximum atomic E-state index is 5.30. The molecule has 1 aromatic heterocycles. The second-order valence-corrected chi connectivity index (χ2v) is 16.9. The molecule has 12 rings (SSSR count). The molecule has 308 valence electrons. The molecule has 2 nitrogen and oxygen atoms in total. The number of aromatic nitrogens is 1. The number of benzene rings is 11. The van der Waals surface area contributed by atoms with Crippen LogP contribution in [0.3, 0.4) is 0 Å². The molecule has 0 bridgehead atoms. The van der Waals surface area contributed by atoms with Crippen LogP contribution in [0.5, 0.6) is 0 Å². The summed E-state index contributed by atoms with van der Waals surface area (Å²) in [5, 5.41) is 14.5. The molecule has 2 heteroatoms. The lowest BCUT2D eigenvalue weighted by atomic mass is 9.84. The summed E-state index contributed by atoms with van der Waals surface area (Å²) in [5.41, 5.74) is 13.2. The number of aliphatic imine (C=N–C) groups is 1. The predicted octanol–water partition coefficient (Wildman–Crippen LogP) is 17.5. The lowest BCUT2D eigenvalue weighted by molar-refractivity contribution is 1.34. The van der Waals surface area contributed by atoms with E-state index in [9.17, 15) is 0 Å². The monoisotopic (exact) mass is 838 g/mol. The first kappa shape index (κ1) is 38.9. The van der Waals surface area contributed by atoms with E-state index < -0.39 is 0 Å². The van der Waals surface area contributed by atoms with Gasteiger partial charge in [-0.15, -0.1) is 0 Å². The fourth-order valence-electron chi connectivity index (χ4n) is 10.3. The molecule has 0 radical (unpaired) electrons. The number of rotatable bonds is 8. The molecule has 0 aliphatic carbocycles. The second kappa shape index (κ2) is 16.1. The van der Waals surface area contributed by atoms with Crippen molar-refractivity contribution in [3.8, 4) is 55.8 Å². The smallest absolute Gasteiger partial charge is 0.0714 e. The molecule has 0 unspecified atom stereocenters. The average Bonchev–Trinajstić information content (AvgIpc) is 3.38. The van der Waals surface area contributed by atoms with Crippen LogP contribution in [0.1, 0.15) is 5.56 Å². The van der Waals surface area contributed by atoms with Crippen LogP contribution >= 0.6 is 0 Å². The Hall–Kier alpha value is -8.72. The van der Waals surface area contributed by atoms with Crippen molar-refractivity contribution >= 4 is 70.3 Å². The van der Waals surface area contributed by atoms with E-state index >= 15 is 0 Å². The first-order valence-corrected chi connectivity index (χ1v) is 22.4. The highest BCUT2D eigenvalue weighted by molar-refractivity contribution is 6.24. The Kier molecular flexibility index (Phi) is 9.51. The van der Waals surface area contributed by atoms with Crippen LogP contribution in [0.25, 0.3) is 120 Å². The molecule has 0 amide bonds. The topological polar surface area (TPSA) is 25.2 Å². The molecule has 12 aromatic rings. The first-order valence-electron chi connectivity index (χ1n) is 22.4. The Bertz CT molecular complexity index is 3910. The molecular formula is C64H42N2. The Morgan fingerprint density at radius 2 is 0.803 bits per heavy atom. The quantitative estimate of drug-likeness (QED) is 0.111. The third kappa shape index (κ3) is 6.50. The maximum Gasteiger partial charge on any atom is 0.0714 e. The van der Waals surface area contributed by atoms with Crippen LogP contribution in [-0.2, 0) is 0 Å². The molecule has 0 atom stereocenters. The summed E-state index contributed by atoms with van der Waals surface area (Å²) in [6.07, 6.45) is 5.40. The molecule has 0 fully saturated rings. The molecule has 66 heavy (non-hydrogen) atoms. The predicted molar refractivity (Wildman–Crippen MR) is 283 cm³/mol. The highest BCUT2D eigenvalue weighted by atomic mass is 14.7. The van der Waals surface area contributed by atoms with Crippen molar-refractivity contribution in [1.82, 2.24) is 4.98 Å². The Labute approximate surface area is 383 Å². The summed E-state index contributed by atoms with van der Waals surface area (Å²) >= 11 is 0. The molecular weight excluding hydrogens is 797 g/mol. The van der Waals surface area contributed by atoms with Gasteiger partial charge in [0.25, 0.3) is 0 Å². The highest BCUT2D eigenvalue weighted by Gasteiger charge is 2.20. The van der Waals surface area contributed by atoms with Gasteiger partial charge in [0.1, 0.15) is 0 Å². The number of nitrogens with zero attached hydrogens (tertiary/aromatic N) is 2. The summed E-state index contributed by atoms with van der Waals surface area (Å²) in [5.74, 6) is 0. The van der Waals surface area contributed by atoms with Gasteiger partial charge >= 0.3 is 0 Å². The van der Waals surface area contributed by atoms with E-state index in [1.165, 1.54) is 81.7 Å². The Morgan fingerprint density at radius 1 is 0.348 bits per heavy atom. The molecule has 11 aromatic carbocycles. The van der Waals surface area contributed by atoms with Crippen molar-refractivity contribution < 1.29 is 0 Å². The average molecular weight is 839 g/mol. The van der Waals surface area contributed by atoms with Crippen LogP contribution < -0.4 is 0 Å². The zero-order chi connectivity index (χ0) is 44.1. The van der Waals surface area contributed by atoms with Gasteiger partial charge in [-0.3, -0.25) is 9.98 Å². The van der Waals surface area contributed by atoms with Crippen molar-refractivity contribution in [2.24, 2.45) is 4.99 Å². The van der Waals surface area contributed by atoms with Gasteiger partial charge in [-0.05, 0) is 140 Å². The highest BCUT2D eigenvalue weighted by Crippen LogP contribution is 2.47. The molecule has 0 aliphatic heterocycles. The minimum Gasteiger partial charge on any atom is -0.257 e. The number of pyridine rings is 1. The summed E-state index contributed by atoms with van der Waals surface area (Å²) in [6, 6.07) is 77.3. The third-order valence-electron chi connectivity index (χ3n) is 13.3. The lowest BCUT2D eigenvalue weighted by Gasteiger charge is -2.19. The van der Waals surface area contributed by atoms with Crippen LogP contribution in [0.2, 0.25) is 0 Å². The molecule has 0 saturated carbocycles. The standard InChI is InChI=1S/C64H42N2/c1-3-59(65-4-2)46-20-15-21-47(38-46)61-53-24-11-13-26-55(53)64(56-27-14-12-25-54(56)61)60-35-33-50(40-66-60)45-32-34-57-58(39-45)63(49-31-29-42-17-6-8-19-44(42)37-49)52-23-10-9-22-51(52)62(57)48-30-28-41-16-5-7-18-43(41)36-48/h3-40H,1-2H2. The second-order valence-electron chi connectivity index (χ2n) is 16.9. The summed E-state index contributed by atoms with van der Waals surface area (Å²) in [4.78, 5) is 9.79. The zero-order valence-electron chi connectivity index (χ0n) is 36.2. The molecule has 0 aliphatic rings. The summed E-state index contributed by atoms with van der Waals surface area (Å²) in [6.45, 7) is 7.84. The van der Waals surface area contributed by atoms with Crippen molar-refractivity contribution in [2.45, 2.75) is 0 Å². The molecule has 1 heterocycles. The fraction of sp³-hybridized carbons (Fsp3) is 0. The third-order valence-corrected chi connectivity index (χ3v) is 13.3. The van der Waals surface area contributed by atoms with Gasteiger partial charge in [0, 0.05) is 29.1 Å². The zero-order valence-corrected chi connectivity index (χ0v) is 36.2. The van der Waals surface area contributed by atoms with Crippen LogP contribution in [0.4, 0.5) is 0 Å². The Morgan fingerprint density at radius 3 is 1.32 bits per heavy atom. The Balaban J connectivity index is 1.04.